The highest BCUT2D eigenvalue weighted by molar-refractivity contribution is 5.98. The lowest BCUT2D eigenvalue weighted by Crippen LogP contribution is -2.00. The van der Waals surface area contributed by atoms with Crippen LogP contribution in [0.25, 0.3) is 0 Å². The number of Topliss-reactive ketones (excluding diaryl/α,β-unsaturated/α-hetero) is 1. The van der Waals surface area contributed by atoms with E-state index in [-0.39, 0.29) is 5.78 Å². The fraction of sp³-hybridized carbons (Fsp3) is 0.286. The molecular formula is C14H15NO3. The highest BCUT2D eigenvalue weighted by Gasteiger charge is 2.19. The van der Waals surface area contributed by atoms with Crippen LogP contribution in [0.3, 0.4) is 0 Å². The summed E-state index contributed by atoms with van der Waals surface area (Å²) in [5.41, 5.74) is 3.06. The van der Waals surface area contributed by atoms with E-state index in [2.05, 4.69) is 5.32 Å². The Labute approximate surface area is 106 Å². The molecule has 0 unspecified atom stereocenters. The molecule has 1 aromatic rings. The van der Waals surface area contributed by atoms with Crippen molar-refractivity contribution in [3.63, 3.8) is 0 Å². The second-order valence-electron chi connectivity index (χ2n) is 4.23. The maximum absolute atomic E-state index is 11.4. The minimum absolute atomic E-state index is 0.189. The minimum atomic E-state index is 0.189. The molecular weight excluding hydrogens is 230 g/mol. The van der Waals surface area contributed by atoms with Crippen molar-refractivity contribution in [1.29, 1.82) is 0 Å². The van der Waals surface area contributed by atoms with Crippen LogP contribution < -0.4 is 10.1 Å². The number of hydrogen-bond donors (Lipinski definition) is 1. The second-order valence-corrected chi connectivity index (χ2v) is 4.23. The van der Waals surface area contributed by atoms with Gasteiger partial charge in [-0.2, -0.15) is 0 Å². The van der Waals surface area contributed by atoms with Gasteiger partial charge in [0.05, 0.1) is 12.7 Å². The van der Waals surface area contributed by atoms with Crippen LogP contribution >= 0.6 is 0 Å². The molecule has 1 aliphatic rings. The van der Waals surface area contributed by atoms with Crippen LogP contribution in [0.15, 0.2) is 29.5 Å². The number of ketones is 1. The third-order valence-corrected chi connectivity index (χ3v) is 3.13. The van der Waals surface area contributed by atoms with Crippen LogP contribution in [0.1, 0.15) is 30.1 Å². The van der Waals surface area contributed by atoms with Crippen LogP contribution in [0.5, 0.6) is 5.75 Å². The number of nitrogens with one attached hydrogen (secondary N) is 1. The maximum atomic E-state index is 11.4. The molecule has 0 fully saturated rings. The lowest BCUT2D eigenvalue weighted by Gasteiger charge is -2.10. The molecule has 1 aromatic carbocycles. The lowest BCUT2D eigenvalue weighted by molar-refractivity contribution is -0.114. The van der Waals surface area contributed by atoms with Gasteiger partial charge in [0.15, 0.2) is 12.1 Å². The average Bonchev–Trinajstić information content (AvgIpc) is 2.70. The van der Waals surface area contributed by atoms with Gasteiger partial charge in [0.2, 0.25) is 0 Å². The Hall–Kier alpha value is -2.10. The van der Waals surface area contributed by atoms with Crippen molar-refractivity contribution in [1.82, 2.24) is 0 Å². The minimum Gasteiger partial charge on any atom is -0.496 e. The molecule has 0 aromatic heterocycles. The van der Waals surface area contributed by atoms with E-state index < -0.39 is 0 Å². The molecule has 4 heteroatoms. The summed E-state index contributed by atoms with van der Waals surface area (Å²) in [7, 11) is 1.52. The molecule has 18 heavy (non-hydrogen) atoms. The topological polar surface area (TPSA) is 55.4 Å². The summed E-state index contributed by atoms with van der Waals surface area (Å²) >= 11 is 0. The van der Waals surface area contributed by atoms with Gasteiger partial charge in [0.25, 0.3) is 0 Å². The zero-order chi connectivity index (χ0) is 13.1. The van der Waals surface area contributed by atoms with Crippen molar-refractivity contribution in [3.05, 3.63) is 35.0 Å². The van der Waals surface area contributed by atoms with E-state index in [1.54, 1.807) is 18.2 Å². The standard InChI is InChI=1S/C14H15NO3/c1-9-12(5-6-13(9)17)15-11-4-3-10(8-16)14(7-11)18-2/h3-4,7-8,15H,5-6H2,1-2H3. The molecule has 0 amide bonds. The summed E-state index contributed by atoms with van der Waals surface area (Å²) < 4.78 is 5.14. The number of carbonyl (C=O) groups is 2. The first-order valence-electron chi connectivity index (χ1n) is 5.79. The predicted octanol–water partition coefficient (Wildman–Crippen LogP) is 2.56. The van der Waals surface area contributed by atoms with Gasteiger partial charge in [-0.15, -0.1) is 0 Å². The molecule has 0 spiro atoms. The number of rotatable bonds is 4. The molecule has 0 radical (unpaired) electrons. The van der Waals surface area contributed by atoms with Gasteiger partial charge in [0.1, 0.15) is 5.75 Å². The van der Waals surface area contributed by atoms with Gasteiger partial charge in [-0.25, -0.2) is 0 Å². The predicted molar refractivity (Wildman–Crippen MR) is 68.9 cm³/mol. The molecule has 0 atom stereocenters. The summed E-state index contributed by atoms with van der Waals surface area (Å²) in [4.78, 5) is 22.2. The molecule has 0 aliphatic heterocycles. The van der Waals surface area contributed by atoms with E-state index >= 15 is 0 Å². The third-order valence-electron chi connectivity index (χ3n) is 3.13. The lowest BCUT2D eigenvalue weighted by atomic mass is 10.2. The van der Waals surface area contributed by atoms with E-state index in [0.717, 1.165) is 29.7 Å². The van der Waals surface area contributed by atoms with E-state index in [9.17, 15) is 9.59 Å². The normalized spacial score (nSPS) is 14.9. The van der Waals surface area contributed by atoms with Crippen molar-refractivity contribution in [2.45, 2.75) is 19.8 Å². The molecule has 0 saturated carbocycles. The molecule has 0 bridgehead atoms. The molecule has 1 N–H and O–H groups in total. The van der Waals surface area contributed by atoms with Crippen molar-refractivity contribution >= 4 is 17.8 Å². The van der Waals surface area contributed by atoms with Crippen LogP contribution in [-0.2, 0) is 4.79 Å². The quantitative estimate of drug-likeness (QED) is 0.828. The van der Waals surface area contributed by atoms with Crippen LogP contribution in [-0.4, -0.2) is 19.2 Å². The number of benzene rings is 1. The molecule has 94 valence electrons. The van der Waals surface area contributed by atoms with Gasteiger partial charge in [-0.1, -0.05) is 0 Å². The molecule has 1 aliphatic carbocycles. The number of anilines is 1. The number of carbonyl (C=O) groups excluding carboxylic acids is 2. The van der Waals surface area contributed by atoms with Crippen molar-refractivity contribution in [2.75, 3.05) is 12.4 Å². The molecule has 0 heterocycles. The maximum Gasteiger partial charge on any atom is 0.160 e. The fourth-order valence-electron chi connectivity index (χ4n) is 2.00. The highest BCUT2D eigenvalue weighted by Crippen LogP contribution is 2.27. The van der Waals surface area contributed by atoms with Crippen LogP contribution in [0, 0.1) is 0 Å². The molecule has 2 rings (SSSR count). The summed E-state index contributed by atoms with van der Waals surface area (Å²) in [5.74, 6) is 0.714. The van der Waals surface area contributed by atoms with Crippen LogP contribution in [0.2, 0.25) is 0 Å². The van der Waals surface area contributed by atoms with Crippen molar-refractivity contribution in [2.24, 2.45) is 0 Å². The number of hydrogen-bond acceptors (Lipinski definition) is 4. The summed E-state index contributed by atoms with van der Waals surface area (Å²) in [5, 5.41) is 3.21. The van der Waals surface area contributed by atoms with Gasteiger partial charge in [0, 0.05) is 29.4 Å². The summed E-state index contributed by atoms with van der Waals surface area (Å²) in [6.45, 7) is 1.83. The van der Waals surface area contributed by atoms with Gasteiger partial charge in [-0.05, 0) is 25.5 Å². The smallest absolute Gasteiger partial charge is 0.160 e. The van der Waals surface area contributed by atoms with E-state index in [1.807, 2.05) is 6.92 Å². The Balaban J connectivity index is 2.25. The summed E-state index contributed by atoms with van der Waals surface area (Å²) in [6.07, 6.45) is 2.06. The average molecular weight is 245 g/mol. The SMILES string of the molecule is COc1cc(NC2=C(C)C(=O)CC2)ccc1C=O. The monoisotopic (exact) mass is 245 g/mol. The van der Waals surface area contributed by atoms with Gasteiger partial charge >= 0.3 is 0 Å². The summed E-state index contributed by atoms with van der Waals surface area (Å²) in [6, 6.07) is 5.25. The Morgan fingerprint density at radius 1 is 1.33 bits per heavy atom. The highest BCUT2D eigenvalue weighted by atomic mass is 16.5. The fourth-order valence-corrected chi connectivity index (χ4v) is 2.00. The first-order chi connectivity index (χ1) is 8.65. The number of methoxy groups -OCH3 is 1. The number of ether oxygens (including phenoxy) is 1. The Morgan fingerprint density at radius 3 is 2.67 bits per heavy atom. The Morgan fingerprint density at radius 2 is 2.11 bits per heavy atom. The molecule has 4 nitrogen and oxygen atoms in total. The third kappa shape index (κ3) is 2.27. The second kappa shape index (κ2) is 5.04. The first kappa shape index (κ1) is 12.4. The van der Waals surface area contributed by atoms with Crippen LogP contribution in [0.4, 0.5) is 5.69 Å². The van der Waals surface area contributed by atoms with E-state index in [4.69, 9.17) is 4.74 Å². The van der Waals surface area contributed by atoms with Crippen molar-refractivity contribution < 1.29 is 14.3 Å². The Kier molecular flexibility index (Phi) is 3.46. The van der Waals surface area contributed by atoms with Crippen molar-refractivity contribution in [3.8, 4) is 5.75 Å². The number of aldehydes is 1. The largest absolute Gasteiger partial charge is 0.496 e. The van der Waals surface area contributed by atoms with Gasteiger partial charge < -0.3 is 10.1 Å². The first-order valence-corrected chi connectivity index (χ1v) is 5.79. The van der Waals surface area contributed by atoms with E-state index in [1.165, 1.54) is 7.11 Å². The zero-order valence-corrected chi connectivity index (χ0v) is 10.4. The van der Waals surface area contributed by atoms with Gasteiger partial charge in [-0.3, -0.25) is 9.59 Å². The number of allylic oxidation sites excluding steroid dienone is 2. The zero-order valence-electron chi connectivity index (χ0n) is 10.4. The Bertz CT molecular complexity index is 532. The molecule has 0 saturated heterocycles. The van der Waals surface area contributed by atoms with E-state index in [0.29, 0.717) is 17.7 Å².